The third kappa shape index (κ3) is 14.5. The summed E-state index contributed by atoms with van der Waals surface area (Å²) < 4.78 is 5.19. The van der Waals surface area contributed by atoms with Crippen LogP contribution in [-0.2, 0) is 11.2 Å². The highest BCUT2D eigenvalue weighted by atomic mass is 35.5. The minimum Gasteiger partial charge on any atom is -0.496 e. The summed E-state index contributed by atoms with van der Waals surface area (Å²) in [6.45, 7) is 15.6. The van der Waals surface area contributed by atoms with E-state index in [2.05, 4.69) is 55.9 Å². The number of hydrogen-bond donors (Lipinski definition) is 3. The topological polar surface area (TPSA) is 98.9 Å². The third-order valence-electron chi connectivity index (χ3n) is 5.86. The summed E-state index contributed by atoms with van der Waals surface area (Å²) in [5.74, 6) is 7.69. The monoisotopic (exact) mass is 578 g/mol. The Morgan fingerprint density at radius 1 is 1.17 bits per heavy atom. The maximum atomic E-state index is 11.2. The zero-order chi connectivity index (χ0) is 31.4. The Labute approximate surface area is 252 Å². The average Bonchev–Trinajstić information content (AvgIpc) is 2.92. The maximum absolute atomic E-state index is 11.2. The van der Waals surface area contributed by atoms with Gasteiger partial charge in [-0.15, -0.1) is 0 Å². The number of hydrogen-bond acceptors (Lipinski definition) is 5. The van der Waals surface area contributed by atoms with Crippen molar-refractivity contribution in [3.63, 3.8) is 0 Å². The summed E-state index contributed by atoms with van der Waals surface area (Å²) in [4.78, 5) is 15.5. The number of allylic oxidation sites excluding steroid dienone is 4. The number of nitrogens with one attached hydrogen (secondary N) is 3. The van der Waals surface area contributed by atoms with Crippen molar-refractivity contribution in [2.75, 3.05) is 12.4 Å². The standard InChI is InChI=1S/C14H18N4O.C10H13ClO.C10H16/c1-8(2)11(6-15)13-5-9(3)12(7-16)14(18-13)17-10(4)19;1-3-4-8-7-9(11)5-6-10(8)12-2;1-4-6-7-8-9-10(3)5-2/h5-7,15-16H,1-4H3,(H,17,18,19);5-7H,3-4H2,1-2H3;8-10H,4-5H2,1-3H3/b;;9-8-. The SMILES string of the molecule is CC(=O)Nc1nc(C(C=N)=C(C)C)cc(C)c1C=N.CCC#C/C=C\C(C)CC.CCCc1cc(Cl)ccc1OC. The third-order valence-corrected chi connectivity index (χ3v) is 6.09. The van der Waals surface area contributed by atoms with Gasteiger partial charge < -0.3 is 20.9 Å². The van der Waals surface area contributed by atoms with Crippen LogP contribution in [0.4, 0.5) is 5.82 Å². The summed E-state index contributed by atoms with van der Waals surface area (Å²) in [6, 6.07) is 7.54. The first-order valence-corrected chi connectivity index (χ1v) is 14.3. The highest BCUT2D eigenvalue weighted by Crippen LogP contribution is 2.24. The Balaban J connectivity index is 0.000000627. The van der Waals surface area contributed by atoms with E-state index in [9.17, 15) is 4.79 Å². The van der Waals surface area contributed by atoms with E-state index in [0.717, 1.165) is 41.2 Å². The van der Waals surface area contributed by atoms with Gasteiger partial charge in [-0.3, -0.25) is 4.79 Å². The van der Waals surface area contributed by atoms with Crippen molar-refractivity contribution in [1.29, 1.82) is 10.8 Å². The fraction of sp³-hybridized carbons (Fsp3) is 0.412. The van der Waals surface area contributed by atoms with Crippen LogP contribution in [0, 0.1) is 35.5 Å². The number of carbonyl (C=O) groups is 1. The second-order valence-electron chi connectivity index (χ2n) is 9.60. The van der Waals surface area contributed by atoms with Gasteiger partial charge in [0.05, 0.1) is 12.8 Å². The van der Waals surface area contributed by atoms with Crippen molar-refractivity contribution < 1.29 is 9.53 Å². The first kappa shape index (κ1) is 37.3. The fourth-order valence-corrected chi connectivity index (χ4v) is 3.66. The number of aryl methyl sites for hydroxylation is 2. The second-order valence-corrected chi connectivity index (χ2v) is 10.0. The molecule has 0 radical (unpaired) electrons. The van der Waals surface area contributed by atoms with Crippen LogP contribution in [0.2, 0.25) is 5.02 Å². The number of nitrogens with zero attached hydrogens (tertiary/aromatic N) is 1. The number of ether oxygens (including phenoxy) is 1. The number of pyridine rings is 1. The molecular weight excluding hydrogens is 532 g/mol. The lowest BCUT2D eigenvalue weighted by Crippen LogP contribution is -2.12. The van der Waals surface area contributed by atoms with Crippen LogP contribution in [0.3, 0.4) is 0 Å². The smallest absolute Gasteiger partial charge is 0.222 e. The number of aromatic nitrogens is 1. The Kier molecular flexibility index (Phi) is 19.2. The van der Waals surface area contributed by atoms with Crippen molar-refractivity contribution in [3.05, 3.63) is 69.4 Å². The molecule has 6 nitrogen and oxygen atoms in total. The summed E-state index contributed by atoms with van der Waals surface area (Å²) in [5.41, 5.74) is 4.92. The van der Waals surface area contributed by atoms with Gasteiger partial charge in [0.25, 0.3) is 0 Å². The molecule has 1 aromatic heterocycles. The van der Waals surface area contributed by atoms with Gasteiger partial charge in [0.1, 0.15) is 11.6 Å². The maximum Gasteiger partial charge on any atom is 0.222 e. The van der Waals surface area contributed by atoms with E-state index < -0.39 is 0 Å². The van der Waals surface area contributed by atoms with Crippen LogP contribution in [0.5, 0.6) is 5.75 Å². The predicted molar refractivity (Wildman–Crippen MR) is 177 cm³/mol. The van der Waals surface area contributed by atoms with E-state index in [0.29, 0.717) is 28.6 Å². The van der Waals surface area contributed by atoms with E-state index in [-0.39, 0.29) is 5.91 Å². The van der Waals surface area contributed by atoms with Crippen molar-refractivity contribution in [3.8, 4) is 17.6 Å². The molecule has 1 atom stereocenters. The van der Waals surface area contributed by atoms with Gasteiger partial charge in [-0.05, 0) is 74.6 Å². The molecule has 0 fully saturated rings. The molecule has 0 bridgehead atoms. The largest absolute Gasteiger partial charge is 0.496 e. The molecule has 1 amide bonds. The van der Waals surface area contributed by atoms with Gasteiger partial charge in [0.2, 0.25) is 5.91 Å². The predicted octanol–water partition coefficient (Wildman–Crippen LogP) is 9.09. The molecule has 0 aliphatic rings. The van der Waals surface area contributed by atoms with Gasteiger partial charge in [0.15, 0.2) is 0 Å². The highest BCUT2D eigenvalue weighted by molar-refractivity contribution is 6.30. The lowest BCUT2D eigenvalue weighted by atomic mass is 10.0. The molecule has 1 unspecified atom stereocenters. The van der Waals surface area contributed by atoms with Crippen LogP contribution in [0.1, 0.15) is 90.1 Å². The normalized spacial score (nSPS) is 10.5. The summed E-state index contributed by atoms with van der Waals surface area (Å²) in [5, 5.41) is 18.3. The fourth-order valence-electron chi connectivity index (χ4n) is 3.46. The van der Waals surface area contributed by atoms with E-state index in [4.69, 9.17) is 27.2 Å². The van der Waals surface area contributed by atoms with Crippen LogP contribution in [0.25, 0.3) is 5.57 Å². The number of methoxy groups -OCH3 is 1. The molecule has 2 rings (SSSR count). The molecule has 3 N–H and O–H groups in total. The minimum atomic E-state index is -0.235. The van der Waals surface area contributed by atoms with E-state index in [1.807, 2.05) is 51.1 Å². The molecule has 2 aromatic rings. The zero-order valence-electron chi connectivity index (χ0n) is 26.2. The molecule has 222 valence electrons. The average molecular weight is 579 g/mol. The number of rotatable bonds is 9. The molecule has 41 heavy (non-hydrogen) atoms. The Morgan fingerprint density at radius 2 is 1.85 bits per heavy atom. The minimum absolute atomic E-state index is 0.235. The lowest BCUT2D eigenvalue weighted by molar-refractivity contribution is -0.114. The number of amides is 1. The van der Waals surface area contributed by atoms with Crippen molar-refractivity contribution in [1.82, 2.24) is 4.98 Å². The van der Waals surface area contributed by atoms with Crippen LogP contribution >= 0.6 is 11.6 Å². The first-order valence-electron chi connectivity index (χ1n) is 13.9. The summed E-state index contributed by atoms with van der Waals surface area (Å²) >= 11 is 5.85. The molecule has 0 saturated carbocycles. The molecule has 0 aliphatic carbocycles. The quantitative estimate of drug-likeness (QED) is 0.204. The van der Waals surface area contributed by atoms with Gasteiger partial charge in [-0.1, -0.05) is 75.6 Å². The molecule has 0 spiro atoms. The Morgan fingerprint density at radius 3 is 2.34 bits per heavy atom. The molecule has 0 saturated heterocycles. The highest BCUT2D eigenvalue weighted by Gasteiger charge is 2.12. The zero-order valence-corrected chi connectivity index (χ0v) is 26.9. The Bertz CT molecular complexity index is 1270. The number of benzene rings is 1. The molecule has 0 aliphatic heterocycles. The summed E-state index contributed by atoms with van der Waals surface area (Å²) in [6.07, 6.45) is 10.8. The van der Waals surface area contributed by atoms with Crippen molar-refractivity contribution in [2.24, 2.45) is 5.92 Å². The first-order chi connectivity index (χ1) is 19.5. The van der Waals surface area contributed by atoms with Crippen molar-refractivity contribution in [2.45, 2.75) is 81.1 Å². The second kappa shape index (κ2) is 21.1. The number of halogens is 1. The van der Waals surface area contributed by atoms with Gasteiger partial charge in [0, 0.05) is 41.9 Å². The molecular formula is C34H47ClN4O2. The molecule has 1 heterocycles. The van der Waals surface area contributed by atoms with Crippen molar-refractivity contribution >= 4 is 41.3 Å². The van der Waals surface area contributed by atoms with Crippen LogP contribution in [0.15, 0.2) is 42.0 Å². The molecule has 1 aromatic carbocycles. The van der Waals surface area contributed by atoms with Crippen LogP contribution < -0.4 is 10.1 Å². The number of anilines is 1. The number of carbonyl (C=O) groups excluding carboxylic acids is 1. The van der Waals surface area contributed by atoms with Gasteiger partial charge in [-0.25, -0.2) is 4.98 Å². The summed E-state index contributed by atoms with van der Waals surface area (Å²) in [7, 11) is 1.68. The van der Waals surface area contributed by atoms with Gasteiger partial charge in [-0.2, -0.15) is 0 Å². The van der Waals surface area contributed by atoms with E-state index in [1.165, 1.54) is 31.3 Å². The van der Waals surface area contributed by atoms with E-state index in [1.54, 1.807) is 7.11 Å². The van der Waals surface area contributed by atoms with Crippen LogP contribution in [-0.4, -0.2) is 30.4 Å². The molecule has 7 heteroatoms. The Hall–Kier alpha value is -3.69. The van der Waals surface area contributed by atoms with E-state index >= 15 is 0 Å². The van der Waals surface area contributed by atoms with Gasteiger partial charge >= 0.3 is 0 Å². The lowest BCUT2D eigenvalue weighted by Gasteiger charge is -2.12.